The summed E-state index contributed by atoms with van der Waals surface area (Å²) < 4.78 is 5.15. The second-order valence-corrected chi connectivity index (χ2v) is 8.40. The van der Waals surface area contributed by atoms with Crippen LogP contribution >= 0.6 is 11.8 Å². The molecule has 0 spiro atoms. The Morgan fingerprint density at radius 2 is 1.90 bits per heavy atom. The van der Waals surface area contributed by atoms with Gasteiger partial charge in [-0.3, -0.25) is 14.9 Å². The molecular weight excluding hydrogens is 406 g/mol. The van der Waals surface area contributed by atoms with Crippen molar-refractivity contribution < 1.29 is 24.2 Å². The van der Waals surface area contributed by atoms with Gasteiger partial charge in [0, 0.05) is 5.92 Å². The number of nitrogens with zero attached hydrogens (tertiary/aromatic N) is 2. The summed E-state index contributed by atoms with van der Waals surface area (Å²) in [7, 11) is 0. The maximum Gasteiger partial charge on any atom is 0.339 e. The van der Waals surface area contributed by atoms with Crippen molar-refractivity contribution in [3.63, 3.8) is 0 Å². The van der Waals surface area contributed by atoms with Gasteiger partial charge in [0.25, 0.3) is 5.91 Å². The van der Waals surface area contributed by atoms with Crippen LogP contribution < -0.4 is 5.32 Å². The normalized spacial score (nSPS) is 18.1. The molecular formula is C21H29N3O5S. The predicted molar refractivity (Wildman–Crippen MR) is 116 cm³/mol. The molecule has 0 aromatic heterocycles. The van der Waals surface area contributed by atoms with Gasteiger partial charge in [-0.15, -0.1) is 0 Å². The molecule has 1 aliphatic rings. The minimum Gasteiger partial charge on any atom is -0.479 e. The summed E-state index contributed by atoms with van der Waals surface area (Å²) in [6, 6.07) is 8.20. The van der Waals surface area contributed by atoms with Crippen LogP contribution in [0.5, 0.6) is 0 Å². The fourth-order valence-corrected chi connectivity index (χ4v) is 3.94. The maximum absolute atomic E-state index is 12.9. The highest BCUT2D eigenvalue weighted by Crippen LogP contribution is 2.30. The number of carbonyl (C=O) groups excluding carboxylic acids is 2. The number of aliphatic carboxylic acids is 1. The number of hydrogen-bond acceptors (Lipinski definition) is 7. The summed E-state index contributed by atoms with van der Waals surface area (Å²) in [6.07, 6.45) is 1.07. The number of nitrogens with one attached hydrogen (secondary N) is 1. The van der Waals surface area contributed by atoms with Crippen molar-refractivity contribution >= 4 is 34.7 Å². The Morgan fingerprint density at radius 1 is 1.23 bits per heavy atom. The van der Waals surface area contributed by atoms with Crippen molar-refractivity contribution in [3.8, 4) is 0 Å². The lowest BCUT2D eigenvalue weighted by Crippen LogP contribution is -2.52. The van der Waals surface area contributed by atoms with E-state index in [9.17, 15) is 19.5 Å². The van der Waals surface area contributed by atoms with Crippen LogP contribution in [0.3, 0.4) is 0 Å². The van der Waals surface area contributed by atoms with E-state index in [0.717, 1.165) is 22.3 Å². The summed E-state index contributed by atoms with van der Waals surface area (Å²) in [5.74, 6) is -2.06. The Hall–Kier alpha value is -2.39. The highest BCUT2D eigenvalue weighted by molar-refractivity contribution is 8.15. The number of amides is 1. The van der Waals surface area contributed by atoms with Crippen molar-refractivity contribution in [1.29, 1.82) is 0 Å². The first-order valence-electron chi connectivity index (χ1n) is 10.0. The molecule has 3 atom stereocenters. The van der Waals surface area contributed by atoms with E-state index >= 15 is 0 Å². The SMILES string of the molecule is CCOC(=O)[C@H](CCc1ccccc1)N[C@@H](C)C(=O)N1N=C(C(C)C)S[C@H]1C(=O)O. The van der Waals surface area contributed by atoms with Gasteiger partial charge < -0.3 is 9.84 Å². The molecule has 0 saturated heterocycles. The Kier molecular flexibility index (Phi) is 8.86. The Bertz CT molecular complexity index is 784. The van der Waals surface area contributed by atoms with E-state index in [0.29, 0.717) is 17.9 Å². The lowest BCUT2D eigenvalue weighted by Gasteiger charge is -2.25. The number of aryl methyl sites for hydroxylation is 1. The molecule has 1 aliphatic heterocycles. The number of esters is 1. The van der Waals surface area contributed by atoms with Gasteiger partial charge >= 0.3 is 11.9 Å². The van der Waals surface area contributed by atoms with Gasteiger partial charge in [0.1, 0.15) is 6.04 Å². The molecule has 0 unspecified atom stereocenters. The lowest BCUT2D eigenvalue weighted by atomic mass is 10.0. The van der Waals surface area contributed by atoms with E-state index in [1.54, 1.807) is 13.8 Å². The van der Waals surface area contributed by atoms with Gasteiger partial charge in [0.05, 0.1) is 17.7 Å². The quantitative estimate of drug-likeness (QED) is 0.544. The van der Waals surface area contributed by atoms with Crippen LogP contribution in [0.25, 0.3) is 0 Å². The molecule has 9 heteroatoms. The van der Waals surface area contributed by atoms with E-state index in [1.165, 1.54) is 0 Å². The number of carboxylic acids is 1. The topological polar surface area (TPSA) is 108 Å². The molecule has 164 valence electrons. The molecule has 0 saturated carbocycles. The highest BCUT2D eigenvalue weighted by Gasteiger charge is 2.40. The molecule has 8 nitrogen and oxygen atoms in total. The van der Waals surface area contributed by atoms with Gasteiger partial charge in [-0.05, 0) is 32.3 Å². The van der Waals surface area contributed by atoms with Crippen LogP contribution in [-0.4, -0.2) is 57.1 Å². The second kappa shape index (κ2) is 11.1. The van der Waals surface area contributed by atoms with Crippen LogP contribution in [0.2, 0.25) is 0 Å². The average Bonchev–Trinajstić information content (AvgIpc) is 3.17. The van der Waals surface area contributed by atoms with E-state index in [4.69, 9.17) is 4.74 Å². The Balaban J connectivity index is 2.10. The fraction of sp³-hybridized carbons (Fsp3) is 0.524. The largest absolute Gasteiger partial charge is 0.479 e. The number of carbonyl (C=O) groups is 3. The molecule has 1 amide bonds. The smallest absolute Gasteiger partial charge is 0.339 e. The molecule has 2 N–H and O–H groups in total. The molecule has 0 fully saturated rings. The lowest BCUT2D eigenvalue weighted by molar-refractivity contribution is -0.149. The minimum absolute atomic E-state index is 0.0102. The second-order valence-electron chi connectivity index (χ2n) is 7.30. The van der Waals surface area contributed by atoms with E-state index < -0.39 is 35.3 Å². The Morgan fingerprint density at radius 3 is 2.47 bits per heavy atom. The molecule has 0 bridgehead atoms. The summed E-state index contributed by atoms with van der Waals surface area (Å²) in [4.78, 5) is 37.0. The van der Waals surface area contributed by atoms with E-state index in [1.807, 2.05) is 44.2 Å². The number of hydrogen-bond donors (Lipinski definition) is 2. The van der Waals surface area contributed by atoms with Gasteiger partial charge in [-0.25, -0.2) is 9.80 Å². The molecule has 1 aromatic carbocycles. The first-order chi connectivity index (χ1) is 14.2. The number of hydrazone groups is 1. The summed E-state index contributed by atoms with van der Waals surface area (Å²) >= 11 is 1.06. The van der Waals surface area contributed by atoms with Crippen molar-refractivity contribution in [3.05, 3.63) is 35.9 Å². The standard InChI is InChI=1S/C21H29N3O5S/c1-5-29-21(28)16(12-11-15-9-7-6-8-10-15)22-14(4)18(25)24-19(20(26)27)30-17(23-24)13(2)3/h6-10,13-14,16,19,22H,5,11-12H2,1-4H3,(H,26,27)/t14-,16-,19-/m0/s1. The monoisotopic (exact) mass is 435 g/mol. The predicted octanol–water partition coefficient (Wildman–Crippen LogP) is 2.48. The van der Waals surface area contributed by atoms with Gasteiger partial charge in [0.15, 0.2) is 0 Å². The first-order valence-corrected chi connectivity index (χ1v) is 10.9. The molecule has 1 aromatic rings. The Labute approximate surface area is 181 Å². The zero-order chi connectivity index (χ0) is 22.3. The molecule has 0 aliphatic carbocycles. The average molecular weight is 436 g/mol. The number of ether oxygens (including phenoxy) is 1. The summed E-state index contributed by atoms with van der Waals surface area (Å²) in [5, 5.41) is 17.2. The first kappa shape index (κ1) is 23.9. The molecule has 1 heterocycles. The van der Waals surface area contributed by atoms with Gasteiger partial charge in [0.2, 0.25) is 5.37 Å². The number of thioether (sulfide) groups is 1. The van der Waals surface area contributed by atoms with Crippen molar-refractivity contribution in [2.24, 2.45) is 11.0 Å². The molecule has 2 rings (SSSR count). The third-order valence-electron chi connectivity index (χ3n) is 4.55. The summed E-state index contributed by atoms with van der Waals surface area (Å²) in [5.41, 5.74) is 1.07. The van der Waals surface area contributed by atoms with Crippen LogP contribution in [0.15, 0.2) is 35.4 Å². The van der Waals surface area contributed by atoms with Gasteiger partial charge in [-0.2, -0.15) is 5.10 Å². The minimum atomic E-state index is -1.13. The fourth-order valence-electron chi connectivity index (χ4n) is 2.96. The zero-order valence-electron chi connectivity index (χ0n) is 17.7. The van der Waals surface area contributed by atoms with Crippen LogP contribution in [0.4, 0.5) is 0 Å². The van der Waals surface area contributed by atoms with Crippen LogP contribution in [0, 0.1) is 5.92 Å². The molecule has 30 heavy (non-hydrogen) atoms. The summed E-state index contributed by atoms with van der Waals surface area (Å²) in [6.45, 7) is 7.34. The highest BCUT2D eigenvalue weighted by atomic mass is 32.2. The van der Waals surface area contributed by atoms with Crippen molar-refractivity contribution in [2.75, 3.05) is 6.61 Å². The van der Waals surface area contributed by atoms with E-state index in [2.05, 4.69) is 10.4 Å². The van der Waals surface area contributed by atoms with Crippen molar-refractivity contribution in [1.82, 2.24) is 10.3 Å². The van der Waals surface area contributed by atoms with Crippen molar-refractivity contribution in [2.45, 2.75) is 58.0 Å². The van der Waals surface area contributed by atoms with Crippen LogP contribution in [0.1, 0.15) is 39.7 Å². The number of benzene rings is 1. The van der Waals surface area contributed by atoms with Crippen LogP contribution in [-0.2, 0) is 25.5 Å². The number of carboxylic acid groups (broad SMARTS) is 1. The van der Waals surface area contributed by atoms with Gasteiger partial charge in [-0.1, -0.05) is 55.9 Å². The number of rotatable bonds is 10. The molecule has 0 radical (unpaired) electrons. The van der Waals surface area contributed by atoms with E-state index in [-0.39, 0.29) is 12.5 Å². The maximum atomic E-state index is 12.9. The third kappa shape index (κ3) is 6.30. The zero-order valence-corrected chi connectivity index (χ0v) is 18.5. The third-order valence-corrected chi connectivity index (χ3v) is 5.97.